The quantitative estimate of drug-likeness (QED) is 0.842. The van der Waals surface area contributed by atoms with Crippen LogP contribution < -0.4 is 14.8 Å². The van der Waals surface area contributed by atoms with Crippen molar-refractivity contribution in [3.05, 3.63) is 23.8 Å². The third-order valence-corrected chi connectivity index (χ3v) is 3.20. The largest absolute Gasteiger partial charge is 0.497 e. The van der Waals surface area contributed by atoms with Crippen LogP contribution in [0.5, 0.6) is 11.5 Å². The molecule has 1 rings (SSSR count). The number of aliphatic hydroxyl groups is 1. The minimum absolute atomic E-state index is 0.0303. The maximum atomic E-state index is 10.6. The smallest absolute Gasteiger partial charge is 0.128 e. The van der Waals surface area contributed by atoms with Gasteiger partial charge in [0.25, 0.3) is 0 Å². The second-order valence-corrected chi connectivity index (χ2v) is 5.96. The van der Waals surface area contributed by atoms with Gasteiger partial charge in [-0.15, -0.1) is 0 Å². The zero-order valence-electron chi connectivity index (χ0n) is 13.4. The van der Waals surface area contributed by atoms with Crippen molar-refractivity contribution in [1.29, 1.82) is 0 Å². The molecule has 20 heavy (non-hydrogen) atoms. The van der Waals surface area contributed by atoms with Crippen molar-refractivity contribution in [1.82, 2.24) is 5.32 Å². The highest BCUT2D eigenvalue weighted by Crippen LogP contribution is 2.32. The number of nitrogens with one attached hydrogen (secondary N) is 1. The zero-order valence-corrected chi connectivity index (χ0v) is 13.4. The van der Waals surface area contributed by atoms with E-state index in [4.69, 9.17) is 9.47 Å². The third kappa shape index (κ3) is 4.39. The van der Waals surface area contributed by atoms with E-state index in [0.29, 0.717) is 5.75 Å². The van der Waals surface area contributed by atoms with E-state index in [1.54, 1.807) is 20.3 Å². The van der Waals surface area contributed by atoms with Crippen LogP contribution in [0, 0.1) is 0 Å². The summed E-state index contributed by atoms with van der Waals surface area (Å²) in [5.41, 5.74) is 0.721. The normalized spacial score (nSPS) is 14.8. The molecule has 0 saturated heterocycles. The molecule has 0 aliphatic heterocycles. The molecule has 0 fully saturated rings. The lowest BCUT2D eigenvalue weighted by atomic mass is 9.96. The van der Waals surface area contributed by atoms with Gasteiger partial charge in [0.1, 0.15) is 11.5 Å². The van der Waals surface area contributed by atoms with Gasteiger partial charge in [0.15, 0.2) is 0 Å². The topological polar surface area (TPSA) is 50.7 Å². The first kappa shape index (κ1) is 16.8. The second kappa shape index (κ2) is 6.95. The van der Waals surface area contributed by atoms with Gasteiger partial charge in [0.2, 0.25) is 0 Å². The summed E-state index contributed by atoms with van der Waals surface area (Å²) in [4.78, 5) is 0. The van der Waals surface area contributed by atoms with Crippen LogP contribution in [0.3, 0.4) is 0 Å². The molecule has 2 unspecified atom stereocenters. The fourth-order valence-corrected chi connectivity index (χ4v) is 2.24. The molecule has 4 nitrogen and oxygen atoms in total. The number of aliphatic hydroxyl groups excluding tert-OH is 1. The van der Waals surface area contributed by atoms with Crippen molar-refractivity contribution in [2.75, 3.05) is 14.2 Å². The minimum atomic E-state index is -0.625. The molecule has 0 saturated carbocycles. The van der Waals surface area contributed by atoms with E-state index >= 15 is 0 Å². The van der Waals surface area contributed by atoms with Crippen molar-refractivity contribution in [2.24, 2.45) is 0 Å². The molecule has 0 amide bonds. The summed E-state index contributed by atoms with van der Waals surface area (Å²) in [7, 11) is 3.21. The summed E-state index contributed by atoms with van der Waals surface area (Å²) >= 11 is 0. The van der Waals surface area contributed by atoms with Crippen LogP contribution in [0.1, 0.15) is 45.8 Å². The fraction of sp³-hybridized carbons (Fsp3) is 0.625. The van der Waals surface area contributed by atoms with Crippen LogP contribution in [-0.4, -0.2) is 30.9 Å². The van der Waals surface area contributed by atoms with Crippen LogP contribution in [0.15, 0.2) is 18.2 Å². The van der Waals surface area contributed by atoms with Gasteiger partial charge in [0.05, 0.1) is 20.3 Å². The van der Waals surface area contributed by atoms with Crippen LogP contribution in [-0.2, 0) is 0 Å². The summed E-state index contributed by atoms with van der Waals surface area (Å²) < 4.78 is 10.5. The lowest BCUT2D eigenvalue weighted by molar-refractivity contribution is 0.108. The van der Waals surface area contributed by atoms with Crippen molar-refractivity contribution >= 4 is 0 Å². The summed E-state index contributed by atoms with van der Waals surface area (Å²) in [6.07, 6.45) is 0.202. The molecule has 4 heteroatoms. The highest BCUT2D eigenvalue weighted by molar-refractivity contribution is 5.42. The van der Waals surface area contributed by atoms with E-state index in [0.717, 1.165) is 17.7 Å². The SMILES string of the molecule is CCC(NC(C)(C)C)C(O)c1ccc(OC)cc1OC. The first-order valence-corrected chi connectivity index (χ1v) is 7.00. The molecule has 0 aromatic heterocycles. The Balaban J connectivity index is 3.02. The van der Waals surface area contributed by atoms with Gasteiger partial charge in [-0.25, -0.2) is 0 Å². The fourth-order valence-electron chi connectivity index (χ4n) is 2.24. The second-order valence-electron chi connectivity index (χ2n) is 5.96. The van der Waals surface area contributed by atoms with Crippen molar-refractivity contribution in [2.45, 2.75) is 51.8 Å². The highest BCUT2D eigenvalue weighted by atomic mass is 16.5. The van der Waals surface area contributed by atoms with E-state index < -0.39 is 6.10 Å². The lowest BCUT2D eigenvalue weighted by Gasteiger charge is -2.32. The first-order valence-electron chi connectivity index (χ1n) is 7.00. The predicted octanol–water partition coefficient (Wildman–Crippen LogP) is 2.90. The number of hydrogen-bond acceptors (Lipinski definition) is 4. The molecule has 0 spiro atoms. The Morgan fingerprint density at radius 1 is 1.20 bits per heavy atom. The van der Waals surface area contributed by atoms with Gasteiger partial charge in [0, 0.05) is 23.2 Å². The molecule has 1 aromatic carbocycles. The molecule has 0 aliphatic rings. The predicted molar refractivity (Wildman–Crippen MR) is 81.5 cm³/mol. The van der Waals surface area contributed by atoms with E-state index in [-0.39, 0.29) is 11.6 Å². The monoisotopic (exact) mass is 281 g/mol. The van der Waals surface area contributed by atoms with E-state index in [2.05, 4.69) is 33.0 Å². The highest BCUT2D eigenvalue weighted by Gasteiger charge is 2.26. The molecule has 114 valence electrons. The summed E-state index contributed by atoms with van der Waals surface area (Å²) in [6, 6.07) is 5.46. The van der Waals surface area contributed by atoms with Gasteiger partial charge >= 0.3 is 0 Å². The summed E-state index contributed by atoms with van der Waals surface area (Å²) in [6.45, 7) is 8.33. The maximum Gasteiger partial charge on any atom is 0.128 e. The Labute approximate surface area is 122 Å². The lowest BCUT2D eigenvalue weighted by Crippen LogP contribution is -2.46. The van der Waals surface area contributed by atoms with Crippen molar-refractivity contribution in [3.63, 3.8) is 0 Å². The molecule has 1 aromatic rings. The number of hydrogen-bond donors (Lipinski definition) is 2. The minimum Gasteiger partial charge on any atom is -0.497 e. The van der Waals surface area contributed by atoms with E-state index in [1.807, 2.05) is 12.1 Å². The average molecular weight is 281 g/mol. The standard InChI is InChI=1S/C16H27NO3/c1-7-13(17-16(2,3)4)15(18)12-9-8-11(19-5)10-14(12)20-6/h8-10,13,15,17-18H,7H2,1-6H3. The molecule has 0 aliphatic carbocycles. The maximum absolute atomic E-state index is 10.6. The van der Waals surface area contributed by atoms with Crippen molar-refractivity contribution in [3.8, 4) is 11.5 Å². The van der Waals surface area contributed by atoms with E-state index in [1.165, 1.54) is 0 Å². The molecule has 0 heterocycles. The summed E-state index contributed by atoms with van der Waals surface area (Å²) in [5.74, 6) is 1.36. The Morgan fingerprint density at radius 2 is 1.85 bits per heavy atom. The Morgan fingerprint density at radius 3 is 2.30 bits per heavy atom. The summed E-state index contributed by atoms with van der Waals surface area (Å²) in [5, 5.41) is 14.1. The Hall–Kier alpha value is -1.26. The van der Waals surface area contributed by atoms with Crippen LogP contribution >= 0.6 is 0 Å². The van der Waals surface area contributed by atoms with Gasteiger partial charge < -0.3 is 19.9 Å². The van der Waals surface area contributed by atoms with Crippen LogP contribution in [0.25, 0.3) is 0 Å². The molecule has 0 radical (unpaired) electrons. The molecular weight excluding hydrogens is 254 g/mol. The van der Waals surface area contributed by atoms with Crippen molar-refractivity contribution < 1.29 is 14.6 Å². The number of rotatable bonds is 6. The van der Waals surface area contributed by atoms with Gasteiger partial charge in [-0.2, -0.15) is 0 Å². The average Bonchev–Trinajstić information content (AvgIpc) is 2.42. The van der Waals surface area contributed by atoms with Gasteiger partial charge in [-0.05, 0) is 39.3 Å². The molecular formula is C16H27NO3. The Bertz CT molecular complexity index is 426. The molecule has 2 N–H and O–H groups in total. The zero-order chi connectivity index (χ0) is 15.3. The third-order valence-electron chi connectivity index (χ3n) is 3.20. The number of benzene rings is 1. The number of methoxy groups -OCH3 is 2. The van der Waals surface area contributed by atoms with Gasteiger partial charge in [-0.3, -0.25) is 0 Å². The number of ether oxygens (including phenoxy) is 2. The van der Waals surface area contributed by atoms with Crippen LogP contribution in [0.2, 0.25) is 0 Å². The first-order chi connectivity index (χ1) is 9.32. The van der Waals surface area contributed by atoms with Gasteiger partial charge in [-0.1, -0.05) is 6.92 Å². The molecule has 0 bridgehead atoms. The Kier molecular flexibility index (Phi) is 5.84. The molecule has 2 atom stereocenters. The van der Waals surface area contributed by atoms with E-state index in [9.17, 15) is 5.11 Å². The van der Waals surface area contributed by atoms with Crippen LogP contribution in [0.4, 0.5) is 0 Å².